The van der Waals surface area contributed by atoms with Gasteiger partial charge in [-0.25, -0.2) is 0 Å². The van der Waals surface area contributed by atoms with Crippen molar-refractivity contribution in [2.24, 2.45) is 11.7 Å². The molecule has 1 saturated heterocycles. The number of benzene rings is 2. The van der Waals surface area contributed by atoms with Crippen LogP contribution in [0.4, 0.5) is 5.69 Å². The molecule has 0 aromatic heterocycles. The zero-order chi connectivity index (χ0) is 18.4. The molecule has 1 atom stereocenters. The molecule has 1 aliphatic heterocycles. The van der Waals surface area contributed by atoms with Crippen LogP contribution in [-0.4, -0.2) is 25.2 Å². The number of nitrogens with one attached hydrogen (secondary N) is 1. The minimum Gasteiger partial charge on any atom is -0.489 e. The van der Waals surface area contributed by atoms with E-state index in [2.05, 4.69) is 24.4 Å². The highest BCUT2D eigenvalue weighted by molar-refractivity contribution is 5.95. The van der Waals surface area contributed by atoms with E-state index in [9.17, 15) is 4.79 Å². The number of amides is 1. The minimum absolute atomic E-state index is 0.160. The summed E-state index contributed by atoms with van der Waals surface area (Å²) in [5.41, 5.74) is 9.14. The molecule has 1 aliphatic rings. The fraction of sp³-hybridized carbons (Fsp3) is 0.381. The lowest BCUT2D eigenvalue weighted by Crippen LogP contribution is -2.43. The van der Waals surface area contributed by atoms with Crippen molar-refractivity contribution in [3.05, 3.63) is 59.7 Å². The Morgan fingerprint density at radius 1 is 1.23 bits per heavy atom. The number of hydrogen-bond donors (Lipinski definition) is 2. The van der Waals surface area contributed by atoms with E-state index >= 15 is 0 Å². The molecule has 1 unspecified atom stereocenters. The van der Waals surface area contributed by atoms with E-state index < -0.39 is 6.04 Å². The maximum atomic E-state index is 12.4. The van der Waals surface area contributed by atoms with Gasteiger partial charge < -0.3 is 20.5 Å². The summed E-state index contributed by atoms with van der Waals surface area (Å²) in [6, 6.07) is 15.1. The molecular weight excluding hydrogens is 328 g/mol. The van der Waals surface area contributed by atoms with Gasteiger partial charge in [0.15, 0.2) is 0 Å². The van der Waals surface area contributed by atoms with Crippen LogP contribution in [0.2, 0.25) is 0 Å². The van der Waals surface area contributed by atoms with Gasteiger partial charge in [-0.05, 0) is 43.4 Å². The maximum absolute atomic E-state index is 12.4. The van der Waals surface area contributed by atoms with Crippen LogP contribution in [0.15, 0.2) is 48.5 Å². The summed E-state index contributed by atoms with van der Waals surface area (Å²) < 4.78 is 11.2. The fourth-order valence-corrected chi connectivity index (χ4v) is 3.15. The number of carbonyl (C=O) groups excluding carboxylic acids is 1. The fourth-order valence-electron chi connectivity index (χ4n) is 3.15. The van der Waals surface area contributed by atoms with Crippen LogP contribution in [0.25, 0.3) is 0 Å². The second kappa shape index (κ2) is 8.83. The van der Waals surface area contributed by atoms with Gasteiger partial charge in [0.2, 0.25) is 5.91 Å². The van der Waals surface area contributed by atoms with Crippen molar-refractivity contribution in [3.8, 4) is 5.75 Å². The molecule has 5 heteroatoms. The second-order valence-electron chi connectivity index (χ2n) is 6.77. The van der Waals surface area contributed by atoms with Gasteiger partial charge in [-0.1, -0.05) is 35.9 Å². The molecule has 3 rings (SSSR count). The van der Waals surface area contributed by atoms with Crippen molar-refractivity contribution in [3.63, 3.8) is 0 Å². The van der Waals surface area contributed by atoms with Crippen LogP contribution in [0, 0.1) is 12.8 Å². The van der Waals surface area contributed by atoms with Crippen LogP contribution in [0.1, 0.15) is 24.0 Å². The highest BCUT2D eigenvalue weighted by Crippen LogP contribution is 2.21. The first kappa shape index (κ1) is 18.4. The molecular formula is C21H26N2O3. The van der Waals surface area contributed by atoms with Gasteiger partial charge in [-0.15, -0.1) is 0 Å². The predicted octanol–water partition coefficient (Wildman–Crippen LogP) is 3.27. The monoisotopic (exact) mass is 354 g/mol. The van der Waals surface area contributed by atoms with Crippen molar-refractivity contribution in [2.75, 3.05) is 18.5 Å². The zero-order valence-electron chi connectivity index (χ0n) is 15.1. The van der Waals surface area contributed by atoms with E-state index in [1.165, 1.54) is 5.56 Å². The molecule has 1 heterocycles. The topological polar surface area (TPSA) is 73.6 Å². The molecule has 2 aromatic rings. The number of anilines is 1. The second-order valence-corrected chi connectivity index (χ2v) is 6.77. The van der Waals surface area contributed by atoms with E-state index in [-0.39, 0.29) is 11.8 Å². The maximum Gasteiger partial charge on any atom is 0.241 e. The summed E-state index contributed by atoms with van der Waals surface area (Å²) in [6.07, 6.45) is 1.66. The molecule has 5 nitrogen and oxygen atoms in total. The largest absolute Gasteiger partial charge is 0.489 e. The molecule has 1 amide bonds. The van der Waals surface area contributed by atoms with Crippen LogP contribution in [0.3, 0.4) is 0 Å². The van der Waals surface area contributed by atoms with Gasteiger partial charge in [-0.2, -0.15) is 0 Å². The van der Waals surface area contributed by atoms with Gasteiger partial charge in [0.1, 0.15) is 12.4 Å². The van der Waals surface area contributed by atoms with Crippen molar-refractivity contribution in [1.29, 1.82) is 0 Å². The Morgan fingerprint density at radius 3 is 2.77 bits per heavy atom. The Labute approximate surface area is 154 Å². The molecule has 138 valence electrons. The van der Waals surface area contributed by atoms with E-state index in [1.54, 1.807) is 0 Å². The van der Waals surface area contributed by atoms with E-state index in [4.69, 9.17) is 15.2 Å². The van der Waals surface area contributed by atoms with Gasteiger partial charge in [0, 0.05) is 25.0 Å². The molecule has 26 heavy (non-hydrogen) atoms. The van der Waals surface area contributed by atoms with Crippen LogP contribution < -0.4 is 15.8 Å². The number of rotatable bonds is 6. The average molecular weight is 354 g/mol. The van der Waals surface area contributed by atoms with Crippen LogP contribution >= 0.6 is 0 Å². The molecule has 0 spiro atoms. The molecule has 1 fully saturated rings. The normalized spacial score (nSPS) is 16.1. The van der Waals surface area contributed by atoms with Gasteiger partial charge in [0.25, 0.3) is 0 Å². The Hall–Kier alpha value is -2.37. The van der Waals surface area contributed by atoms with E-state index in [0.717, 1.165) is 18.4 Å². The minimum atomic E-state index is -0.518. The summed E-state index contributed by atoms with van der Waals surface area (Å²) in [5.74, 6) is 0.723. The molecule has 0 aliphatic carbocycles. The molecule has 0 bridgehead atoms. The Morgan fingerprint density at radius 2 is 2.00 bits per heavy atom. The van der Waals surface area contributed by atoms with E-state index in [0.29, 0.717) is 31.3 Å². The summed E-state index contributed by atoms with van der Waals surface area (Å²) in [4.78, 5) is 12.4. The number of hydrogen-bond acceptors (Lipinski definition) is 4. The standard InChI is InChI=1S/C21H26N2O3/c1-15-4-2-5-16(12-15)14-26-19-7-3-6-18(13-19)23-21(24)20(22)17-8-10-25-11-9-17/h2-7,12-13,17,20H,8-11,14,22H2,1H3,(H,23,24). The third-order valence-electron chi connectivity index (χ3n) is 4.67. The zero-order valence-corrected chi connectivity index (χ0v) is 15.1. The molecule has 3 N–H and O–H groups in total. The van der Waals surface area contributed by atoms with E-state index in [1.807, 2.05) is 36.4 Å². The summed E-state index contributed by atoms with van der Waals surface area (Å²) in [6.45, 7) is 3.89. The summed E-state index contributed by atoms with van der Waals surface area (Å²) >= 11 is 0. The third-order valence-corrected chi connectivity index (χ3v) is 4.67. The lowest BCUT2D eigenvalue weighted by atomic mass is 9.92. The average Bonchev–Trinajstić information content (AvgIpc) is 2.67. The van der Waals surface area contributed by atoms with Gasteiger partial charge >= 0.3 is 0 Å². The first-order valence-corrected chi connectivity index (χ1v) is 9.04. The lowest BCUT2D eigenvalue weighted by Gasteiger charge is -2.26. The smallest absolute Gasteiger partial charge is 0.241 e. The first-order chi connectivity index (χ1) is 12.6. The summed E-state index contributed by atoms with van der Waals surface area (Å²) in [5, 5.41) is 2.90. The number of nitrogens with two attached hydrogens (primary N) is 1. The highest BCUT2D eigenvalue weighted by atomic mass is 16.5. The Bertz CT molecular complexity index is 742. The highest BCUT2D eigenvalue weighted by Gasteiger charge is 2.26. The Kier molecular flexibility index (Phi) is 6.26. The van der Waals surface area contributed by atoms with Crippen molar-refractivity contribution >= 4 is 11.6 Å². The van der Waals surface area contributed by atoms with Crippen LogP contribution in [0.5, 0.6) is 5.75 Å². The number of ether oxygens (including phenoxy) is 2. The quantitative estimate of drug-likeness (QED) is 0.835. The third kappa shape index (κ3) is 5.07. The number of aryl methyl sites for hydroxylation is 1. The molecule has 2 aromatic carbocycles. The number of carbonyl (C=O) groups is 1. The Balaban J connectivity index is 1.57. The predicted molar refractivity (Wildman–Crippen MR) is 102 cm³/mol. The van der Waals surface area contributed by atoms with Crippen LogP contribution in [-0.2, 0) is 16.1 Å². The van der Waals surface area contributed by atoms with Crippen molar-refractivity contribution in [1.82, 2.24) is 0 Å². The van der Waals surface area contributed by atoms with Gasteiger partial charge in [0.05, 0.1) is 6.04 Å². The van der Waals surface area contributed by atoms with Crippen molar-refractivity contribution in [2.45, 2.75) is 32.4 Å². The first-order valence-electron chi connectivity index (χ1n) is 9.04. The summed E-state index contributed by atoms with van der Waals surface area (Å²) in [7, 11) is 0. The SMILES string of the molecule is Cc1cccc(COc2cccc(NC(=O)C(N)C3CCOCC3)c2)c1. The van der Waals surface area contributed by atoms with Crippen molar-refractivity contribution < 1.29 is 14.3 Å². The van der Waals surface area contributed by atoms with Gasteiger partial charge in [-0.3, -0.25) is 4.79 Å². The molecule has 0 radical (unpaired) electrons. The lowest BCUT2D eigenvalue weighted by molar-refractivity contribution is -0.119. The molecule has 0 saturated carbocycles.